The number of ether oxygens (including phenoxy) is 1. The van der Waals surface area contributed by atoms with Crippen LogP contribution in [0.5, 0.6) is 5.75 Å². The molecule has 4 nitrogen and oxygen atoms in total. The molecule has 0 spiro atoms. The van der Waals surface area contributed by atoms with Gasteiger partial charge in [0, 0.05) is 12.3 Å². The van der Waals surface area contributed by atoms with Gasteiger partial charge in [-0.15, -0.1) is 11.8 Å². The first-order valence-electron chi connectivity index (χ1n) is 7.96. The van der Waals surface area contributed by atoms with Gasteiger partial charge in [0.15, 0.2) is 0 Å². The maximum atomic E-state index is 11.9. The average Bonchev–Trinajstić information content (AvgIpc) is 2.67. The van der Waals surface area contributed by atoms with Gasteiger partial charge in [-0.1, -0.05) is 42.5 Å². The van der Waals surface area contributed by atoms with Crippen LogP contribution in [0, 0.1) is 11.3 Å². The molecule has 0 bridgehead atoms. The molecule has 1 atom stereocenters. The smallest absolute Gasteiger partial charge is 0.225 e. The molecule has 0 saturated heterocycles. The van der Waals surface area contributed by atoms with Crippen molar-refractivity contribution < 1.29 is 9.53 Å². The highest BCUT2D eigenvalue weighted by Gasteiger charge is 2.28. The van der Waals surface area contributed by atoms with Crippen LogP contribution in [0.1, 0.15) is 23.5 Å². The molecule has 1 aliphatic rings. The second-order valence-corrected chi connectivity index (χ2v) is 6.52. The molecule has 0 aliphatic carbocycles. The second-order valence-electron chi connectivity index (χ2n) is 5.71. The topological polar surface area (TPSA) is 62.1 Å². The molecule has 0 aromatic heterocycles. The van der Waals surface area contributed by atoms with Crippen LogP contribution in [0.2, 0.25) is 0 Å². The van der Waals surface area contributed by atoms with Crippen LogP contribution in [-0.4, -0.2) is 12.2 Å². The van der Waals surface area contributed by atoms with Crippen molar-refractivity contribution >= 4 is 17.7 Å². The van der Waals surface area contributed by atoms with E-state index in [1.807, 2.05) is 60.9 Å². The fraction of sp³-hybridized carbons (Fsp3) is 0.200. The van der Waals surface area contributed by atoms with Gasteiger partial charge in [0.25, 0.3) is 0 Å². The van der Waals surface area contributed by atoms with E-state index in [-0.39, 0.29) is 18.2 Å². The summed E-state index contributed by atoms with van der Waals surface area (Å²) in [5.74, 6) is 0.502. The summed E-state index contributed by atoms with van der Waals surface area (Å²) in [6, 6.07) is 19.9. The summed E-state index contributed by atoms with van der Waals surface area (Å²) in [7, 11) is 0. The Balaban J connectivity index is 1.75. The Morgan fingerprint density at radius 3 is 2.56 bits per heavy atom. The summed E-state index contributed by atoms with van der Waals surface area (Å²) >= 11 is 1.39. The predicted octanol–water partition coefficient (Wildman–Crippen LogP) is 3.97. The highest BCUT2D eigenvalue weighted by Crippen LogP contribution is 2.35. The predicted molar refractivity (Wildman–Crippen MR) is 98.9 cm³/mol. The molecule has 3 rings (SSSR count). The first-order valence-corrected chi connectivity index (χ1v) is 9.18. The van der Waals surface area contributed by atoms with Crippen LogP contribution in [-0.2, 0) is 11.4 Å². The van der Waals surface area contributed by atoms with Crippen LogP contribution in [0.25, 0.3) is 0 Å². The summed E-state index contributed by atoms with van der Waals surface area (Å²) in [6.07, 6.45) is 2.15. The minimum absolute atomic E-state index is 0.0576. The highest BCUT2D eigenvalue weighted by molar-refractivity contribution is 8.02. The van der Waals surface area contributed by atoms with Gasteiger partial charge in [-0.2, -0.15) is 5.26 Å². The molecular formula is C20H18N2O2S. The van der Waals surface area contributed by atoms with Crippen LogP contribution in [0.15, 0.2) is 65.2 Å². The SMILES string of the molecule is CSC1=C(C#N)C(c2ccc(OCc3ccccc3)cc2)CC(=O)N1. The number of hydrogen-bond donors (Lipinski definition) is 1. The van der Waals surface area contributed by atoms with Crippen molar-refractivity contribution in [1.29, 1.82) is 5.26 Å². The highest BCUT2D eigenvalue weighted by atomic mass is 32.2. The molecular weight excluding hydrogens is 332 g/mol. The van der Waals surface area contributed by atoms with Gasteiger partial charge in [0.1, 0.15) is 12.4 Å². The molecule has 25 heavy (non-hydrogen) atoms. The normalized spacial score (nSPS) is 17.0. The number of benzene rings is 2. The summed E-state index contributed by atoms with van der Waals surface area (Å²) in [6.45, 7) is 0.506. The van der Waals surface area contributed by atoms with Crippen molar-refractivity contribution in [3.8, 4) is 11.8 Å². The number of allylic oxidation sites excluding steroid dienone is 1. The Kier molecular flexibility index (Phi) is 5.42. The number of nitrogens with one attached hydrogen (secondary N) is 1. The van der Waals surface area contributed by atoms with E-state index in [0.29, 0.717) is 17.2 Å². The molecule has 126 valence electrons. The molecule has 1 heterocycles. The first-order chi connectivity index (χ1) is 12.2. The van der Waals surface area contributed by atoms with Gasteiger partial charge in [-0.05, 0) is 29.5 Å². The molecule has 1 amide bonds. The molecule has 0 saturated carbocycles. The molecule has 1 N–H and O–H groups in total. The van der Waals surface area contributed by atoms with Crippen LogP contribution in [0.3, 0.4) is 0 Å². The fourth-order valence-corrected chi connectivity index (χ4v) is 3.43. The van der Waals surface area contributed by atoms with Gasteiger partial charge in [0.05, 0.1) is 16.7 Å². The lowest BCUT2D eigenvalue weighted by molar-refractivity contribution is -0.120. The van der Waals surface area contributed by atoms with Crippen molar-refractivity contribution in [3.63, 3.8) is 0 Å². The number of rotatable bonds is 5. The van der Waals surface area contributed by atoms with E-state index in [9.17, 15) is 10.1 Å². The zero-order valence-corrected chi connectivity index (χ0v) is 14.7. The summed E-state index contributed by atoms with van der Waals surface area (Å²) in [5.41, 5.74) is 2.67. The quantitative estimate of drug-likeness (QED) is 0.886. The minimum atomic E-state index is -0.204. The number of nitriles is 1. The zero-order chi connectivity index (χ0) is 17.6. The molecule has 1 aliphatic heterocycles. The molecule has 2 aromatic rings. The minimum Gasteiger partial charge on any atom is -0.489 e. The standard InChI is InChI=1S/C20H18N2O2S/c1-25-20-18(12-21)17(11-19(23)22-20)15-7-9-16(10-8-15)24-13-14-5-3-2-4-6-14/h2-10,17H,11,13H2,1H3,(H,22,23). The van der Waals surface area contributed by atoms with Crippen molar-refractivity contribution in [2.24, 2.45) is 0 Å². The van der Waals surface area contributed by atoms with Gasteiger partial charge < -0.3 is 10.1 Å². The van der Waals surface area contributed by atoms with E-state index in [2.05, 4.69) is 11.4 Å². The van der Waals surface area contributed by atoms with E-state index in [1.54, 1.807) is 0 Å². The Hall–Kier alpha value is -2.71. The van der Waals surface area contributed by atoms with E-state index < -0.39 is 0 Å². The zero-order valence-electron chi connectivity index (χ0n) is 13.9. The van der Waals surface area contributed by atoms with Gasteiger partial charge in [-0.3, -0.25) is 4.79 Å². The number of carbonyl (C=O) groups is 1. The van der Waals surface area contributed by atoms with Gasteiger partial charge >= 0.3 is 0 Å². The average molecular weight is 350 g/mol. The Bertz CT molecular complexity index is 823. The largest absolute Gasteiger partial charge is 0.489 e. The third-order valence-corrected chi connectivity index (χ3v) is 4.82. The lowest BCUT2D eigenvalue weighted by atomic mass is 9.87. The van der Waals surface area contributed by atoms with Crippen LogP contribution in [0.4, 0.5) is 0 Å². The Morgan fingerprint density at radius 1 is 1.20 bits per heavy atom. The maximum absolute atomic E-state index is 11.9. The van der Waals surface area contributed by atoms with E-state index in [4.69, 9.17) is 4.74 Å². The number of hydrogen-bond acceptors (Lipinski definition) is 4. The molecule has 2 aromatic carbocycles. The third-order valence-electron chi connectivity index (χ3n) is 4.09. The van der Waals surface area contributed by atoms with E-state index in [0.717, 1.165) is 16.9 Å². The van der Waals surface area contributed by atoms with Crippen molar-refractivity contribution in [2.45, 2.75) is 18.9 Å². The maximum Gasteiger partial charge on any atom is 0.225 e. The Morgan fingerprint density at radius 2 is 1.92 bits per heavy atom. The fourth-order valence-electron chi connectivity index (χ4n) is 2.80. The van der Waals surface area contributed by atoms with Gasteiger partial charge in [-0.25, -0.2) is 0 Å². The monoisotopic (exact) mass is 350 g/mol. The van der Waals surface area contributed by atoms with E-state index in [1.165, 1.54) is 11.8 Å². The summed E-state index contributed by atoms with van der Waals surface area (Å²) < 4.78 is 5.79. The lowest BCUT2D eigenvalue weighted by Gasteiger charge is -2.24. The van der Waals surface area contributed by atoms with Crippen molar-refractivity contribution in [3.05, 3.63) is 76.3 Å². The number of amides is 1. The van der Waals surface area contributed by atoms with Crippen LogP contribution < -0.4 is 10.1 Å². The molecule has 5 heteroatoms. The van der Waals surface area contributed by atoms with Crippen LogP contribution >= 0.6 is 11.8 Å². The Labute approximate surface area is 151 Å². The first kappa shape index (κ1) is 17.1. The molecule has 0 radical (unpaired) electrons. The third kappa shape index (κ3) is 4.04. The lowest BCUT2D eigenvalue weighted by Crippen LogP contribution is -2.30. The summed E-state index contributed by atoms with van der Waals surface area (Å²) in [5, 5.41) is 12.9. The van der Waals surface area contributed by atoms with Crippen molar-refractivity contribution in [2.75, 3.05) is 6.26 Å². The summed E-state index contributed by atoms with van der Waals surface area (Å²) in [4.78, 5) is 11.9. The molecule has 0 fully saturated rings. The molecule has 1 unspecified atom stereocenters. The van der Waals surface area contributed by atoms with Crippen molar-refractivity contribution in [1.82, 2.24) is 5.32 Å². The van der Waals surface area contributed by atoms with Gasteiger partial charge in [0.2, 0.25) is 5.91 Å². The second kappa shape index (κ2) is 7.91. The number of thioether (sulfide) groups is 1. The number of carbonyl (C=O) groups excluding carboxylic acids is 1. The number of nitrogens with zero attached hydrogens (tertiary/aromatic N) is 1. The van der Waals surface area contributed by atoms with E-state index >= 15 is 0 Å².